The van der Waals surface area contributed by atoms with E-state index in [2.05, 4.69) is 52.7 Å². The molecule has 1 aliphatic heterocycles. The van der Waals surface area contributed by atoms with E-state index in [9.17, 15) is 0 Å². The van der Waals surface area contributed by atoms with Gasteiger partial charge in [-0.2, -0.15) is 0 Å². The summed E-state index contributed by atoms with van der Waals surface area (Å²) < 4.78 is 0. The predicted octanol–water partition coefficient (Wildman–Crippen LogP) is 3.53. The number of benzene rings is 2. The molecule has 0 aliphatic carbocycles. The summed E-state index contributed by atoms with van der Waals surface area (Å²) in [7, 11) is 0. The van der Waals surface area contributed by atoms with Crippen LogP contribution in [-0.2, 0) is 6.42 Å². The molecule has 3 rings (SSSR count). The summed E-state index contributed by atoms with van der Waals surface area (Å²) in [5.41, 5.74) is 2.74. The first-order valence-electron chi connectivity index (χ1n) is 7.56. The van der Waals surface area contributed by atoms with Crippen LogP contribution in [0.3, 0.4) is 0 Å². The Morgan fingerprint density at radius 2 is 1.81 bits per heavy atom. The molecule has 2 aromatic rings. The van der Waals surface area contributed by atoms with Gasteiger partial charge in [-0.1, -0.05) is 54.1 Å². The van der Waals surface area contributed by atoms with Crippen LogP contribution in [0.4, 0.5) is 0 Å². The van der Waals surface area contributed by atoms with Crippen molar-refractivity contribution >= 4 is 11.6 Å². The topological polar surface area (TPSA) is 15.3 Å². The van der Waals surface area contributed by atoms with Crippen molar-refractivity contribution in [1.29, 1.82) is 0 Å². The van der Waals surface area contributed by atoms with Gasteiger partial charge in [0, 0.05) is 37.2 Å². The highest BCUT2D eigenvalue weighted by atomic mass is 35.5. The summed E-state index contributed by atoms with van der Waals surface area (Å²) >= 11 is 5.93. The van der Waals surface area contributed by atoms with E-state index in [1.54, 1.807) is 0 Å². The minimum Gasteiger partial charge on any atom is -0.308 e. The lowest BCUT2D eigenvalue weighted by Gasteiger charge is -2.34. The van der Waals surface area contributed by atoms with E-state index in [4.69, 9.17) is 11.6 Å². The van der Waals surface area contributed by atoms with Crippen molar-refractivity contribution in [3.8, 4) is 0 Å². The van der Waals surface area contributed by atoms with Gasteiger partial charge in [-0.3, -0.25) is 4.90 Å². The number of rotatable bonds is 4. The summed E-state index contributed by atoms with van der Waals surface area (Å²) in [6.45, 7) is 4.36. The molecule has 1 fully saturated rings. The molecule has 0 spiro atoms. The highest BCUT2D eigenvalue weighted by Crippen LogP contribution is 2.17. The van der Waals surface area contributed by atoms with Gasteiger partial charge in [0.1, 0.15) is 0 Å². The number of hydrogen-bond acceptors (Lipinski definition) is 2. The minimum atomic E-state index is 0.449. The molecule has 1 saturated heterocycles. The summed E-state index contributed by atoms with van der Waals surface area (Å²) in [6.07, 6.45) is 1.08. The molecule has 0 saturated carbocycles. The average molecular weight is 301 g/mol. The van der Waals surface area contributed by atoms with Gasteiger partial charge in [0.25, 0.3) is 0 Å². The summed E-state index contributed by atoms with van der Waals surface area (Å²) in [6, 6.07) is 19.4. The third-order valence-electron chi connectivity index (χ3n) is 4.09. The smallest absolute Gasteiger partial charge is 0.0449 e. The van der Waals surface area contributed by atoms with Crippen molar-refractivity contribution in [2.75, 3.05) is 26.2 Å². The summed E-state index contributed by atoms with van der Waals surface area (Å²) in [5.74, 6) is 0. The largest absolute Gasteiger partial charge is 0.308 e. The third-order valence-corrected chi connectivity index (χ3v) is 4.34. The van der Waals surface area contributed by atoms with Crippen LogP contribution in [-0.4, -0.2) is 31.1 Å². The Balaban J connectivity index is 1.55. The molecule has 2 aromatic carbocycles. The zero-order valence-electron chi connectivity index (χ0n) is 12.1. The maximum atomic E-state index is 5.93. The first-order chi connectivity index (χ1) is 10.3. The van der Waals surface area contributed by atoms with Crippen molar-refractivity contribution < 1.29 is 0 Å². The van der Waals surface area contributed by atoms with Gasteiger partial charge in [-0.15, -0.1) is 0 Å². The summed E-state index contributed by atoms with van der Waals surface area (Å²) in [4.78, 5) is 2.54. The molecular formula is C18H21ClN2. The SMILES string of the molecule is Clc1ccc(CCN2CCNC(c3ccccc3)C2)cc1. The Morgan fingerprint density at radius 3 is 2.57 bits per heavy atom. The van der Waals surface area contributed by atoms with E-state index in [1.807, 2.05) is 12.1 Å². The van der Waals surface area contributed by atoms with E-state index in [0.717, 1.165) is 37.6 Å². The van der Waals surface area contributed by atoms with Gasteiger partial charge in [0.15, 0.2) is 0 Å². The number of nitrogens with zero attached hydrogens (tertiary/aromatic N) is 1. The van der Waals surface area contributed by atoms with E-state index in [-0.39, 0.29) is 0 Å². The lowest BCUT2D eigenvalue weighted by Crippen LogP contribution is -2.46. The Bertz CT molecular complexity index is 553. The molecule has 0 aromatic heterocycles. The third kappa shape index (κ3) is 4.07. The maximum absolute atomic E-state index is 5.93. The van der Waals surface area contributed by atoms with Gasteiger partial charge >= 0.3 is 0 Å². The second-order valence-electron chi connectivity index (χ2n) is 5.59. The molecule has 1 aliphatic rings. The van der Waals surface area contributed by atoms with Crippen molar-refractivity contribution in [1.82, 2.24) is 10.2 Å². The molecule has 0 amide bonds. The van der Waals surface area contributed by atoms with Crippen LogP contribution in [0.15, 0.2) is 54.6 Å². The van der Waals surface area contributed by atoms with Crippen molar-refractivity contribution in [2.24, 2.45) is 0 Å². The molecule has 110 valence electrons. The Kier molecular flexibility index (Phi) is 4.91. The Labute approximate surface area is 131 Å². The van der Waals surface area contributed by atoms with E-state index in [0.29, 0.717) is 6.04 Å². The van der Waals surface area contributed by atoms with E-state index < -0.39 is 0 Å². The summed E-state index contributed by atoms with van der Waals surface area (Å²) in [5, 5.41) is 4.42. The van der Waals surface area contributed by atoms with Crippen LogP contribution in [0.1, 0.15) is 17.2 Å². The lowest BCUT2D eigenvalue weighted by atomic mass is 10.0. The van der Waals surface area contributed by atoms with E-state index in [1.165, 1.54) is 11.1 Å². The maximum Gasteiger partial charge on any atom is 0.0449 e. The molecule has 1 unspecified atom stereocenters. The minimum absolute atomic E-state index is 0.449. The van der Waals surface area contributed by atoms with Crippen LogP contribution in [0.2, 0.25) is 5.02 Å². The molecule has 2 nitrogen and oxygen atoms in total. The zero-order valence-corrected chi connectivity index (χ0v) is 12.9. The monoisotopic (exact) mass is 300 g/mol. The highest BCUT2D eigenvalue weighted by molar-refractivity contribution is 6.30. The van der Waals surface area contributed by atoms with Gasteiger partial charge in [-0.05, 0) is 29.7 Å². The van der Waals surface area contributed by atoms with Crippen LogP contribution < -0.4 is 5.32 Å². The number of hydrogen-bond donors (Lipinski definition) is 1. The molecule has 1 heterocycles. The van der Waals surface area contributed by atoms with Crippen molar-refractivity contribution in [2.45, 2.75) is 12.5 Å². The molecule has 1 atom stereocenters. The standard InChI is InChI=1S/C18H21ClN2/c19-17-8-6-15(7-9-17)10-12-21-13-11-20-18(14-21)16-4-2-1-3-5-16/h1-9,18,20H,10-14H2. The second kappa shape index (κ2) is 7.08. The van der Waals surface area contributed by atoms with Crippen LogP contribution in [0.25, 0.3) is 0 Å². The lowest BCUT2D eigenvalue weighted by molar-refractivity contribution is 0.203. The van der Waals surface area contributed by atoms with Crippen molar-refractivity contribution in [3.63, 3.8) is 0 Å². The normalized spacial score (nSPS) is 19.6. The average Bonchev–Trinajstić information content (AvgIpc) is 2.55. The first-order valence-corrected chi connectivity index (χ1v) is 7.94. The van der Waals surface area contributed by atoms with Crippen molar-refractivity contribution in [3.05, 3.63) is 70.7 Å². The number of piperazine rings is 1. The Hall–Kier alpha value is -1.35. The first kappa shape index (κ1) is 14.6. The molecule has 3 heteroatoms. The van der Waals surface area contributed by atoms with Gasteiger partial charge in [0.2, 0.25) is 0 Å². The number of halogens is 1. The number of nitrogens with one attached hydrogen (secondary N) is 1. The van der Waals surface area contributed by atoms with Gasteiger partial charge in [-0.25, -0.2) is 0 Å². The fourth-order valence-electron chi connectivity index (χ4n) is 2.86. The quantitative estimate of drug-likeness (QED) is 0.929. The molecule has 21 heavy (non-hydrogen) atoms. The molecule has 0 radical (unpaired) electrons. The fraction of sp³-hybridized carbons (Fsp3) is 0.333. The second-order valence-corrected chi connectivity index (χ2v) is 6.03. The van der Waals surface area contributed by atoms with Crippen LogP contribution >= 0.6 is 11.6 Å². The Morgan fingerprint density at radius 1 is 1.05 bits per heavy atom. The molecular weight excluding hydrogens is 280 g/mol. The fourth-order valence-corrected chi connectivity index (χ4v) is 2.99. The van der Waals surface area contributed by atoms with Gasteiger partial charge < -0.3 is 5.32 Å². The molecule has 1 N–H and O–H groups in total. The van der Waals surface area contributed by atoms with Gasteiger partial charge in [0.05, 0.1) is 0 Å². The highest BCUT2D eigenvalue weighted by Gasteiger charge is 2.19. The predicted molar refractivity (Wildman–Crippen MR) is 88.8 cm³/mol. The molecule has 0 bridgehead atoms. The van der Waals surface area contributed by atoms with E-state index >= 15 is 0 Å². The zero-order chi connectivity index (χ0) is 14.5. The van der Waals surface area contributed by atoms with Crippen LogP contribution in [0.5, 0.6) is 0 Å². The van der Waals surface area contributed by atoms with Crippen LogP contribution in [0, 0.1) is 0 Å².